The van der Waals surface area contributed by atoms with E-state index in [1.54, 1.807) is 6.07 Å². The normalized spacial score (nSPS) is 29.1. The van der Waals surface area contributed by atoms with Gasteiger partial charge in [0.1, 0.15) is 0 Å². The molecule has 1 saturated heterocycles. The Morgan fingerprint density at radius 3 is 3.00 bits per heavy atom. The van der Waals surface area contributed by atoms with Crippen LogP contribution in [-0.4, -0.2) is 35.5 Å². The van der Waals surface area contributed by atoms with Gasteiger partial charge in [-0.15, -0.1) is 0 Å². The van der Waals surface area contributed by atoms with Crippen molar-refractivity contribution in [3.05, 3.63) is 29.2 Å². The van der Waals surface area contributed by atoms with Gasteiger partial charge in [0.05, 0.1) is 13.5 Å². The summed E-state index contributed by atoms with van der Waals surface area (Å²) in [7, 11) is 1.47. The fraction of sp³-hybridized carbons (Fsp3) is 0.471. The predicted octanol–water partition coefficient (Wildman–Crippen LogP) is 2.58. The first-order chi connectivity index (χ1) is 10.7. The summed E-state index contributed by atoms with van der Waals surface area (Å²) in [6.07, 6.45) is 2.49. The lowest BCUT2D eigenvalue weighted by Crippen LogP contribution is -2.40. The number of aromatic nitrogens is 1. The highest BCUT2D eigenvalue weighted by Gasteiger charge is 2.50. The topological polar surface area (TPSA) is 45.3 Å². The van der Waals surface area contributed by atoms with Crippen molar-refractivity contribution in [2.75, 3.05) is 13.7 Å². The van der Waals surface area contributed by atoms with Crippen molar-refractivity contribution in [1.82, 2.24) is 9.88 Å². The molecule has 3 aliphatic rings. The number of H-pyrrole nitrogens is 1. The molecule has 2 aliphatic heterocycles. The van der Waals surface area contributed by atoms with E-state index in [2.05, 4.69) is 4.98 Å². The van der Waals surface area contributed by atoms with Crippen LogP contribution in [0.25, 0.3) is 10.9 Å². The molecule has 3 atom stereocenters. The standard InChI is InChI=1S/C17H17FN2O2/c1-22-13-3-2-11-15(16(13)18)10-6-14(21)20-7-8-4-9(12(20)5-8)17(10)19-11/h2-3,8-9,12,19H,4-7H2,1H3/t8-,9+,12-/m0/s1. The van der Waals surface area contributed by atoms with E-state index in [9.17, 15) is 9.18 Å². The Morgan fingerprint density at radius 1 is 1.36 bits per heavy atom. The Balaban J connectivity index is 1.78. The number of benzene rings is 1. The second-order valence-electron chi connectivity index (χ2n) is 6.76. The fourth-order valence-electron chi connectivity index (χ4n) is 4.84. The van der Waals surface area contributed by atoms with Crippen LogP contribution in [0.5, 0.6) is 5.75 Å². The van der Waals surface area contributed by atoms with Crippen LogP contribution in [0.4, 0.5) is 4.39 Å². The quantitative estimate of drug-likeness (QED) is 0.880. The highest BCUT2D eigenvalue weighted by atomic mass is 19.1. The number of nitrogens with one attached hydrogen (secondary N) is 1. The minimum Gasteiger partial charge on any atom is -0.494 e. The van der Waals surface area contributed by atoms with E-state index in [0.717, 1.165) is 36.2 Å². The van der Waals surface area contributed by atoms with E-state index in [-0.39, 0.29) is 17.5 Å². The zero-order valence-corrected chi connectivity index (χ0v) is 12.4. The highest BCUT2D eigenvalue weighted by molar-refractivity contribution is 5.93. The first-order valence-electron chi connectivity index (χ1n) is 7.83. The van der Waals surface area contributed by atoms with Crippen LogP contribution in [0.15, 0.2) is 12.1 Å². The number of rotatable bonds is 1. The van der Waals surface area contributed by atoms with Gasteiger partial charge in [-0.3, -0.25) is 4.79 Å². The molecular weight excluding hydrogens is 283 g/mol. The minimum atomic E-state index is -0.357. The molecule has 1 amide bonds. The molecule has 114 valence electrons. The summed E-state index contributed by atoms with van der Waals surface area (Å²) in [6, 6.07) is 3.79. The molecule has 5 rings (SSSR count). The van der Waals surface area contributed by atoms with Crippen LogP contribution in [-0.2, 0) is 11.2 Å². The molecule has 1 N–H and O–H groups in total. The molecule has 2 fully saturated rings. The molecule has 4 nitrogen and oxygen atoms in total. The molecule has 5 heteroatoms. The number of aromatic amines is 1. The molecule has 2 aromatic rings. The second-order valence-corrected chi connectivity index (χ2v) is 6.76. The number of ether oxygens (including phenoxy) is 1. The van der Waals surface area contributed by atoms with Gasteiger partial charge in [-0.25, -0.2) is 4.39 Å². The smallest absolute Gasteiger partial charge is 0.227 e. The van der Waals surface area contributed by atoms with Crippen LogP contribution in [0.3, 0.4) is 0 Å². The third-order valence-corrected chi connectivity index (χ3v) is 5.72. The number of hydrogen-bond donors (Lipinski definition) is 1. The summed E-state index contributed by atoms with van der Waals surface area (Å²) in [5.41, 5.74) is 2.69. The largest absolute Gasteiger partial charge is 0.494 e. The lowest BCUT2D eigenvalue weighted by molar-refractivity contribution is -0.132. The highest BCUT2D eigenvalue weighted by Crippen LogP contribution is 2.50. The van der Waals surface area contributed by atoms with Crippen molar-refractivity contribution < 1.29 is 13.9 Å². The van der Waals surface area contributed by atoms with Gasteiger partial charge in [-0.1, -0.05) is 0 Å². The molecule has 1 saturated carbocycles. The summed E-state index contributed by atoms with van der Waals surface area (Å²) >= 11 is 0. The number of methoxy groups -OCH3 is 1. The monoisotopic (exact) mass is 300 g/mol. The van der Waals surface area contributed by atoms with Crippen LogP contribution < -0.4 is 4.74 Å². The van der Waals surface area contributed by atoms with Gasteiger partial charge in [-0.05, 0) is 36.5 Å². The van der Waals surface area contributed by atoms with E-state index in [1.165, 1.54) is 7.11 Å². The Morgan fingerprint density at radius 2 is 2.23 bits per heavy atom. The SMILES string of the molecule is COc1ccc2[nH]c3c(c2c1F)CC(=O)N1C[C@H]2C[C@@H]3[C@@H]1C2. The van der Waals surface area contributed by atoms with Crippen LogP contribution in [0.2, 0.25) is 0 Å². The Kier molecular flexibility index (Phi) is 2.29. The Labute approximate surface area is 127 Å². The third-order valence-electron chi connectivity index (χ3n) is 5.72. The number of hydrogen-bond acceptors (Lipinski definition) is 2. The molecule has 0 spiro atoms. The summed E-state index contributed by atoms with van der Waals surface area (Å²) < 4.78 is 19.8. The first kappa shape index (κ1) is 12.5. The predicted molar refractivity (Wildman–Crippen MR) is 79.5 cm³/mol. The number of carbonyl (C=O) groups excluding carboxylic acids is 1. The second kappa shape index (κ2) is 4.03. The van der Waals surface area contributed by atoms with E-state index in [4.69, 9.17) is 4.74 Å². The van der Waals surface area contributed by atoms with Crippen molar-refractivity contribution in [2.45, 2.75) is 31.2 Å². The number of halogens is 1. The van der Waals surface area contributed by atoms with E-state index < -0.39 is 0 Å². The first-order valence-corrected chi connectivity index (χ1v) is 7.83. The fourth-order valence-corrected chi connectivity index (χ4v) is 4.84. The van der Waals surface area contributed by atoms with E-state index >= 15 is 0 Å². The van der Waals surface area contributed by atoms with Crippen molar-refractivity contribution in [1.29, 1.82) is 0 Å². The van der Waals surface area contributed by atoms with Gasteiger partial charge in [0.15, 0.2) is 11.6 Å². The maximum Gasteiger partial charge on any atom is 0.227 e. The molecule has 0 radical (unpaired) electrons. The lowest BCUT2D eigenvalue weighted by Gasteiger charge is -2.30. The third kappa shape index (κ3) is 1.39. The molecule has 1 aromatic heterocycles. The minimum absolute atomic E-state index is 0.138. The van der Waals surface area contributed by atoms with Crippen molar-refractivity contribution in [3.8, 4) is 5.75 Å². The Bertz CT molecular complexity index is 813. The summed E-state index contributed by atoms with van der Waals surface area (Å²) in [4.78, 5) is 18.0. The summed E-state index contributed by atoms with van der Waals surface area (Å²) in [5, 5.41) is 0.536. The molecule has 2 bridgehead atoms. The van der Waals surface area contributed by atoms with E-state index in [0.29, 0.717) is 29.7 Å². The van der Waals surface area contributed by atoms with Gasteiger partial charge in [0, 0.05) is 35.1 Å². The molecule has 3 heterocycles. The number of amides is 1. The van der Waals surface area contributed by atoms with Crippen LogP contribution >= 0.6 is 0 Å². The van der Waals surface area contributed by atoms with E-state index in [1.807, 2.05) is 11.0 Å². The Hall–Kier alpha value is -2.04. The molecule has 1 aliphatic carbocycles. The average Bonchev–Trinajstić information content (AvgIpc) is 3.18. The zero-order chi connectivity index (χ0) is 15.0. The van der Waals surface area contributed by atoms with Gasteiger partial charge in [-0.2, -0.15) is 0 Å². The number of piperidine rings is 1. The van der Waals surface area contributed by atoms with Crippen molar-refractivity contribution in [3.63, 3.8) is 0 Å². The summed E-state index contributed by atoms with van der Waals surface area (Å²) in [6.45, 7) is 0.883. The number of fused-ring (bicyclic) bond motifs is 5. The molecular formula is C17H17FN2O2. The lowest BCUT2D eigenvalue weighted by atomic mass is 9.93. The van der Waals surface area contributed by atoms with Crippen molar-refractivity contribution in [2.24, 2.45) is 5.92 Å². The van der Waals surface area contributed by atoms with Crippen LogP contribution in [0, 0.1) is 11.7 Å². The molecule has 1 aromatic carbocycles. The van der Waals surface area contributed by atoms with Gasteiger partial charge < -0.3 is 14.6 Å². The average molecular weight is 300 g/mol. The zero-order valence-electron chi connectivity index (χ0n) is 12.4. The maximum atomic E-state index is 14.7. The van der Waals surface area contributed by atoms with Gasteiger partial charge in [0.25, 0.3) is 0 Å². The summed E-state index contributed by atoms with van der Waals surface area (Å²) in [5.74, 6) is 0.954. The maximum absolute atomic E-state index is 14.7. The number of carbonyl (C=O) groups is 1. The van der Waals surface area contributed by atoms with Gasteiger partial charge >= 0.3 is 0 Å². The van der Waals surface area contributed by atoms with Crippen molar-refractivity contribution >= 4 is 16.8 Å². The van der Waals surface area contributed by atoms with Gasteiger partial charge in [0.2, 0.25) is 5.91 Å². The molecule has 0 unspecified atom stereocenters. The molecule has 22 heavy (non-hydrogen) atoms. The van der Waals surface area contributed by atoms with Crippen LogP contribution in [0.1, 0.15) is 30.0 Å². The number of nitrogens with zero attached hydrogens (tertiary/aromatic N) is 1.